The van der Waals surface area contributed by atoms with Crippen LogP contribution in [0, 0.1) is 5.92 Å². The highest BCUT2D eigenvalue weighted by molar-refractivity contribution is 5.89. The van der Waals surface area contributed by atoms with E-state index in [-0.39, 0.29) is 17.4 Å². The zero-order valence-corrected chi connectivity index (χ0v) is 17.3. The van der Waals surface area contributed by atoms with Gasteiger partial charge in [-0.05, 0) is 53.8 Å². The van der Waals surface area contributed by atoms with E-state index < -0.39 is 5.60 Å². The molecule has 1 N–H and O–H groups in total. The molecule has 4 heteroatoms. The Morgan fingerprint density at radius 3 is 2.67 bits per heavy atom. The Morgan fingerprint density at radius 1 is 1.10 bits per heavy atom. The molecule has 2 aromatic rings. The van der Waals surface area contributed by atoms with Crippen LogP contribution in [0.15, 0.2) is 54.1 Å². The number of benzene rings is 2. The highest BCUT2D eigenvalue weighted by Crippen LogP contribution is 2.72. The summed E-state index contributed by atoms with van der Waals surface area (Å²) in [5.41, 5.74) is 3.81. The van der Waals surface area contributed by atoms with Gasteiger partial charge in [0.2, 0.25) is 0 Å². The van der Waals surface area contributed by atoms with Crippen molar-refractivity contribution in [2.24, 2.45) is 5.92 Å². The summed E-state index contributed by atoms with van der Waals surface area (Å²) in [5.74, 6) is 1.13. The third-order valence-electron chi connectivity index (χ3n) is 7.90. The number of carbonyl (C=O) groups is 1. The molecule has 0 bridgehead atoms. The van der Waals surface area contributed by atoms with Crippen molar-refractivity contribution in [1.29, 1.82) is 0 Å². The molecule has 4 aliphatic rings. The molecule has 3 atom stereocenters. The summed E-state index contributed by atoms with van der Waals surface area (Å²) in [6, 6.07) is 16.7. The number of fused-ring (bicyclic) bond motifs is 1. The van der Waals surface area contributed by atoms with Gasteiger partial charge in [0.1, 0.15) is 5.75 Å². The first-order valence-electron chi connectivity index (χ1n) is 11.1. The van der Waals surface area contributed by atoms with E-state index >= 15 is 0 Å². The van der Waals surface area contributed by atoms with E-state index in [2.05, 4.69) is 47.8 Å². The third kappa shape index (κ3) is 2.14. The zero-order chi connectivity index (χ0) is 20.3. The minimum atomic E-state index is -0.546. The lowest BCUT2D eigenvalue weighted by atomic mass is 9.44. The van der Waals surface area contributed by atoms with Crippen LogP contribution in [0.4, 0.5) is 5.69 Å². The molecule has 30 heavy (non-hydrogen) atoms. The summed E-state index contributed by atoms with van der Waals surface area (Å²) in [6.45, 7) is 0. The first-order valence-corrected chi connectivity index (χ1v) is 11.1. The van der Waals surface area contributed by atoms with Gasteiger partial charge in [0.15, 0.2) is 5.60 Å². The van der Waals surface area contributed by atoms with Crippen molar-refractivity contribution >= 4 is 17.7 Å². The van der Waals surface area contributed by atoms with Crippen LogP contribution in [0.1, 0.15) is 49.7 Å². The van der Waals surface area contributed by atoms with Crippen molar-refractivity contribution in [1.82, 2.24) is 0 Å². The van der Waals surface area contributed by atoms with Gasteiger partial charge >= 0.3 is 5.97 Å². The molecule has 0 unspecified atom stereocenters. The predicted molar refractivity (Wildman–Crippen MR) is 117 cm³/mol. The average Bonchev–Trinajstić information content (AvgIpc) is 3.23. The van der Waals surface area contributed by atoms with Crippen LogP contribution in [0.5, 0.6) is 5.75 Å². The number of methoxy groups -OCH3 is 1. The Labute approximate surface area is 177 Å². The van der Waals surface area contributed by atoms with Crippen molar-refractivity contribution in [3.63, 3.8) is 0 Å². The smallest absolute Gasteiger partial charge is 0.307 e. The van der Waals surface area contributed by atoms with E-state index in [0.29, 0.717) is 12.3 Å². The van der Waals surface area contributed by atoms with E-state index in [4.69, 9.17) is 9.47 Å². The maximum atomic E-state index is 12.9. The van der Waals surface area contributed by atoms with E-state index in [0.717, 1.165) is 29.8 Å². The molecular formula is C26H27NO3. The molecule has 0 aromatic heterocycles. The lowest BCUT2D eigenvalue weighted by molar-refractivity contribution is -0.158. The number of hydrogen-bond acceptors (Lipinski definition) is 4. The van der Waals surface area contributed by atoms with E-state index in [9.17, 15) is 4.79 Å². The van der Waals surface area contributed by atoms with E-state index in [1.165, 1.54) is 30.4 Å². The van der Waals surface area contributed by atoms with Gasteiger partial charge in [-0.2, -0.15) is 0 Å². The van der Waals surface area contributed by atoms with Gasteiger partial charge in [-0.3, -0.25) is 4.79 Å². The fraction of sp³-hybridized carbons (Fsp3) is 0.423. The van der Waals surface area contributed by atoms with E-state index in [1.54, 1.807) is 7.11 Å². The van der Waals surface area contributed by atoms with Crippen molar-refractivity contribution in [3.05, 3.63) is 65.2 Å². The Balaban J connectivity index is 1.57. The van der Waals surface area contributed by atoms with Gasteiger partial charge in [0.25, 0.3) is 0 Å². The van der Waals surface area contributed by atoms with Crippen LogP contribution in [-0.2, 0) is 14.9 Å². The molecule has 3 fully saturated rings. The van der Waals surface area contributed by atoms with Gasteiger partial charge in [0, 0.05) is 11.6 Å². The Hall–Kier alpha value is -2.75. The monoisotopic (exact) mass is 401 g/mol. The normalized spacial score (nSPS) is 33.2. The molecule has 154 valence electrons. The molecular weight excluding hydrogens is 374 g/mol. The minimum absolute atomic E-state index is 0.0699. The van der Waals surface area contributed by atoms with Crippen LogP contribution >= 0.6 is 0 Å². The van der Waals surface area contributed by atoms with Crippen LogP contribution < -0.4 is 10.1 Å². The van der Waals surface area contributed by atoms with Crippen LogP contribution in [0.25, 0.3) is 6.08 Å². The lowest BCUT2D eigenvalue weighted by Gasteiger charge is -2.61. The minimum Gasteiger partial charge on any atom is -0.497 e. The maximum absolute atomic E-state index is 12.9. The largest absolute Gasteiger partial charge is 0.497 e. The molecule has 2 aliphatic heterocycles. The highest BCUT2D eigenvalue weighted by Gasteiger charge is 2.80. The predicted octanol–water partition coefficient (Wildman–Crippen LogP) is 5.09. The summed E-state index contributed by atoms with van der Waals surface area (Å²) >= 11 is 0. The number of ether oxygens (including phenoxy) is 2. The number of hydrogen-bond donors (Lipinski definition) is 1. The molecule has 2 heterocycles. The quantitative estimate of drug-likeness (QED) is 0.728. The summed E-state index contributed by atoms with van der Waals surface area (Å²) < 4.78 is 12.0. The molecule has 2 saturated carbocycles. The van der Waals surface area contributed by atoms with Gasteiger partial charge in [0.05, 0.1) is 25.0 Å². The van der Waals surface area contributed by atoms with E-state index in [1.807, 2.05) is 12.1 Å². The van der Waals surface area contributed by atoms with Crippen LogP contribution in [-0.4, -0.2) is 24.7 Å². The SMILES string of the molecule is COc1ccc2c(c1)[C@]13CC(=O)O[C@@]1(C1CCCCC1)/C(=C/c1ccccc1)[C@@H]3N2. The zero-order valence-electron chi connectivity index (χ0n) is 17.3. The number of nitrogens with one attached hydrogen (secondary N) is 1. The Morgan fingerprint density at radius 2 is 1.90 bits per heavy atom. The summed E-state index contributed by atoms with van der Waals surface area (Å²) in [6.07, 6.45) is 8.64. The summed E-state index contributed by atoms with van der Waals surface area (Å²) in [5, 5.41) is 3.75. The van der Waals surface area contributed by atoms with Crippen molar-refractivity contribution < 1.29 is 14.3 Å². The van der Waals surface area contributed by atoms with Crippen LogP contribution in [0.2, 0.25) is 0 Å². The Kier molecular flexibility index (Phi) is 3.83. The molecule has 6 rings (SSSR count). The van der Waals surface area contributed by atoms with Crippen molar-refractivity contribution in [2.45, 2.75) is 55.6 Å². The fourth-order valence-corrected chi connectivity index (χ4v) is 6.77. The second-order valence-corrected chi connectivity index (χ2v) is 9.19. The van der Waals surface area contributed by atoms with Crippen LogP contribution in [0.3, 0.4) is 0 Å². The molecule has 2 aromatic carbocycles. The molecule has 1 spiro atoms. The summed E-state index contributed by atoms with van der Waals surface area (Å²) in [7, 11) is 1.70. The number of carbonyl (C=O) groups excluding carboxylic acids is 1. The standard InChI is InChI=1S/C26H27NO3/c1-29-19-12-13-22-20(15-19)25-16-23(28)30-26(25,18-10-6-3-7-11-18)21(24(25)27-22)14-17-8-4-2-5-9-17/h2,4-5,8-9,12-15,18,24,27H,3,6-7,10-11,16H2,1H3/b21-14+/t24-,25-,26-/m0/s1. The second kappa shape index (κ2) is 6.37. The lowest BCUT2D eigenvalue weighted by Crippen LogP contribution is -2.72. The molecule has 2 aliphatic carbocycles. The average molecular weight is 402 g/mol. The molecule has 4 nitrogen and oxygen atoms in total. The first kappa shape index (κ1) is 18.1. The van der Waals surface area contributed by atoms with Gasteiger partial charge in [-0.15, -0.1) is 0 Å². The van der Waals surface area contributed by atoms with Gasteiger partial charge in [-0.25, -0.2) is 0 Å². The van der Waals surface area contributed by atoms with Gasteiger partial charge < -0.3 is 14.8 Å². The third-order valence-corrected chi connectivity index (χ3v) is 7.90. The number of esters is 1. The maximum Gasteiger partial charge on any atom is 0.307 e. The summed E-state index contributed by atoms with van der Waals surface area (Å²) in [4.78, 5) is 12.9. The Bertz CT molecular complexity index is 1040. The first-order chi connectivity index (χ1) is 14.7. The molecule has 0 amide bonds. The van der Waals surface area contributed by atoms with Crippen molar-refractivity contribution in [3.8, 4) is 5.75 Å². The number of anilines is 1. The molecule has 1 saturated heterocycles. The highest BCUT2D eigenvalue weighted by atomic mass is 16.6. The molecule has 0 radical (unpaired) electrons. The topological polar surface area (TPSA) is 47.6 Å². The van der Waals surface area contributed by atoms with Crippen molar-refractivity contribution in [2.75, 3.05) is 12.4 Å². The second-order valence-electron chi connectivity index (χ2n) is 9.19. The fourth-order valence-electron chi connectivity index (χ4n) is 6.77. The van der Waals surface area contributed by atoms with Gasteiger partial charge in [-0.1, -0.05) is 49.6 Å². The number of rotatable bonds is 3.